The van der Waals surface area contributed by atoms with Gasteiger partial charge in [-0.1, -0.05) is 12.1 Å². The molecule has 3 N–H and O–H groups in total. The molecule has 0 aliphatic heterocycles. The Hall–Kier alpha value is -1.07. The Balaban J connectivity index is 3.24. The molecule has 0 heterocycles. The number of rotatable bonds is 3. The van der Waals surface area contributed by atoms with Gasteiger partial charge < -0.3 is 10.8 Å². The van der Waals surface area contributed by atoms with E-state index in [0.717, 1.165) is 6.07 Å². The van der Waals surface area contributed by atoms with Crippen LogP contribution in [0.5, 0.6) is 0 Å². The third kappa shape index (κ3) is 2.74. The second kappa shape index (κ2) is 4.84. The van der Waals surface area contributed by atoms with Crippen LogP contribution in [0.25, 0.3) is 0 Å². The van der Waals surface area contributed by atoms with Crippen molar-refractivity contribution < 1.29 is 18.3 Å². The summed E-state index contributed by atoms with van der Waals surface area (Å²) in [5.74, 6) is 0. The third-order valence-electron chi connectivity index (χ3n) is 2.44. The zero-order valence-electron chi connectivity index (χ0n) is 8.88. The lowest BCUT2D eigenvalue weighted by molar-refractivity contribution is -0.138. The van der Waals surface area contributed by atoms with Gasteiger partial charge >= 0.3 is 6.18 Å². The Bertz CT molecular complexity index is 363. The molecule has 2 nitrogen and oxygen atoms in total. The molecule has 0 radical (unpaired) electrons. The first kappa shape index (κ1) is 13.0. The fourth-order valence-corrected chi connectivity index (χ4v) is 1.70. The minimum absolute atomic E-state index is 0.0732. The standard InChI is InChI=1S/C11H14F3NO/c1-7-3-2-4-8(11(12,13)14)10(7)9(15)5-6-16/h2-4,9,16H,5-6,15H2,1H3. The molecule has 90 valence electrons. The Morgan fingerprint density at radius 2 is 2.00 bits per heavy atom. The molecule has 1 atom stereocenters. The van der Waals surface area contributed by atoms with Crippen LogP contribution < -0.4 is 5.73 Å². The Morgan fingerprint density at radius 1 is 1.38 bits per heavy atom. The van der Waals surface area contributed by atoms with E-state index in [0.29, 0.717) is 5.56 Å². The van der Waals surface area contributed by atoms with E-state index >= 15 is 0 Å². The number of halogens is 3. The summed E-state index contributed by atoms with van der Waals surface area (Å²) in [4.78, 5) is 0. The summed E-state index contributed by atoms with van der Waals surface area (Å²) in [7, 11) is 0. The molecule has 1 aromatic carbocycles. The lowest BCUT2D eigenvalue weighted by atomic mass is 9.94. The van der Waals surface area contributed by atoms with E-state index in [-0.39, 0.29) is 18.6 Å². The molecule has 1 unspecified atom stereocenters. The van der Waals surface area contributed by atoms with Gasteiger partial charge in [0.1, 0.15) is 0 Å². The van der Waals surface area contributed by atoms with Gasteiger partial charge in [-0.2, -0.15) is 13.2 Å². The summed E-state index contributed by atoms with van der Waals surface area (Å²) in [6.07, 6.45) is -4.29. The van der Waals surface area contributed by atoms with Crippen molar-refractivity contribution in [2.45, 2.75) is 25.6 Å². The van der Waals surface area contributed by atoms with Crippen LogP contribution in [-0.2, 0) is 6.18 Å². The first-order chi connectivity index (χ1) is 7.38. The Morgan fingerprint density at radius 3 is 2.50 bits per heavy atom. The van der Waals surface area contributed by atoms with Crippen LogP contribution in [0.4, 0.5) is 13.2 Å². The monoisotopic (exact) mass is 233 g/mol. The van der Waals surface area contributed by atoms with Gasteiger partial charge in [0.15, 0.2) is 0 Å². The van der Waals surface area contributed by atoms with Crippen molar-refractivity contribution in [2.75, 3.05) is 6.61 Å². The molecule has 0 bridgehead atoms. The van der Waals surface area contributed by atoms with Gasteiger partial charge in [0.25, 0.3) is 0 Å². The van der Waals surface area contributed by atoms with Gasteiger partial charge in [0.05, 0.1) is 5.56 Å². The zero-order valence-corrected chi connectivity index (χ0v) is 8.88. The van der Waals surface area contributed by atoms with E-state index in [1.165, 1.54) is 6.07 Å². The second-order valence-electron chi connectivity index (χ2n) is 3.65. The van der Waals surface area contributed by atoms with E-state index < -0.39 is 17.8 Å². The van der Waals surface area contributed by atoms with Gasteiger partial charge in [-0.3, -0.25) is 0 Å². The first-order valence-corrected chi connectivity index (χ1v) is 4.91. The van der Waals surface area contributed by atoms with E-state index in [9.17, 15) is 13.2 Å². The fraction of sp³-hybridized carbons (Fsp3) is 0.455. The summed E-state index contributed by atoms with van der Waals surface area (Å²) in [5.41, 5.74) is 5.50. The fourth-order valence-electron chi connectivity index (χ4n) is 1.70. The number of aliphatic hydroxyl groups excluding tert-OH is 1. The second-order valence-corrected chi connectivity index (χ2v) is 3.65. The van der Waals surface area contributed by atoms with Crippen molar-refractivity contribution in [3.05, 3.63) is 34.9 Å². The summed E-state index contributed by atoms with van der Waals surface area (Å²) in [5, 5.41) is 8.72. The van der Waals surface area contributed by atoms with Crippen LogP contribution >= 0.6 is 0 Å². The van der Waals surface area contributed by atoms with E-state index in [1.54, 1.807) is 13.0 Å². The van der Waals surface area contributed by atoms with E-state index in [1.807, 2.05) is 0 Å². The van der Waals surface area contributed by atoms with Gasteiger partial charge in [0, 0.05) is 12.6 Å². The highest BCUT2D eigenvalue weighted by Gasteiger charge is 2.34. The SMILES string of the molecule is Cc1cccc(C(F)(F)F)c1C(N)CCO. The average molecular weight is 233 g/mol. The summed E-state index contributed by atoms with van der Waals surface area (Å²) >= 11 is 0. The van der Waals surface area contributed by atoms with Crippen molar-refractivity contribution in [2.24, 2.45) is 5.73 Å². The van der Waals surface area contributed by atoms with Crippen molar-refractivity contribution in [3.63, 3.8) is 0 Å². The maximum atomic E-state index is 12.7. The molecular formula is C11H14F3NO. The van der Waals surface area contributed by atoms with Gasteiger partial charge in [0.2, 0.25) is 0 Å². The molecule has 0 saturated carbocycles. The smallest absolute Gasteiger partial charge is 0.396 e. The largest absolute Gasteiger partial charge is 0.416 e. The molecule has 0 aliphatic rings. The van der Waals surface area contributed by atoms with Gasteiger partial charge in [-0.15, -0.1) is 0 Å². The van der Waals surface area contributed by atoms with Crippen LogP contribution in [0, 0.1) is 6.92 Å². The molecule has 0 aliphatic carbocycles. The molecule has 5 heteroatoms. The highest BCUT2D eigenvalue weighted by Crippen LogP contribution is 2.36. The molecule has 0 spiro atoms. The third-order valence-corrected chi connectivity index (χ3v) is 2.44. The van der Waals surface area contributed by atoms with Crippen LogP contribution in [0.15, 0.2) is 18.2 Å². The maximum Gasteiger partial charge on any atom is 0.416 e. The maximum absolute atomic E-state index is 12.7. The van der Waals surface area contributed by atoms with Crippen molar-refractivity contribution in [1.82, 2.24) is 0 Å². The number of alkyl halides is 3. The minimum atomic E-state index is -4.41. The van der Waals surface area contributed by atoms with E-state index in [4.69, 9.17) is 10.8 Å². The lowest BCUT2D eigenvalue weighted by Gasteiger charge is -2.20. The van der Waals surface area contributed by atoms with E-state index in [2.05, 4.69) is 0 Å². The molecule has 1 aromatic rings. The van der Waals surface area contributed by atoms with Crippen LogP contribution in [0.2, 0.25) is 0 Å². The molecule has 0 aromatic heterocycles. The predicted molar refractivity (Wildman–Crippen MR) is 54.8 cm³/mol. The summed E-state index contributed by atoms with van der Waals surface area (Å²) < 4.78 is 38.1. The molecule has 0 fully saturated rings. The van der Waals surface area contributed by atoms with Crippen LogP contribution in [0.1, 0.15) is 29.2 Å². The van der Waals surface area contributed by atoms with Gasteiger partial charge in [-0.25, -0.2) is 0 Å². The molecule has 0 amide bonds. The molecule has 16 heavy (non-hydrogen) atoms. The van der Waals surface area contributed by atoms with Crippen molar-refractivity contribution in [3.8, 4) is 0 Å². The molecule has 1 rings (SSSR count). The number of benzene rings is 1. The van der Waals surface area contributed by atoms with Crippen molar-refractivity contribution in [1.29, 1.82) is 0 Å². The highest BCUT2D eigenvalue weighted by molar-refractivity contribution is 5.38. The summed E-state index contributed by atoms with van der Waals surface area (Å²) in [6.45, 7) is 1.36. The quantitative estimate of drug-likeness (QED) is 0.842. The van der Waals surface area contributed by atoms with Crippen LogP contribution in [-0.4, -0.2) is 11.7 Å². The Kier molecular flexibility index (Phi) is 3.93. The first-order valence-electron chi connectivity index (χ1n) is 4.91. The van der Waals surface area contributed by atoms with Crippen molar-refractivity contribution >= 4 is 0 Å². The van der Waals surface area contributed by atoms with Gasteiger partial charge in [-0.05, 0) is 30.5 Å². The lowest BCUT2D eigenvalue weighted by Crippen LogP contribution is -2.19. The summed E-state index contributed by atoms with van der Waals surface area (Å²) in [6, 6.07) is 3.16. The number of hydrogen-bond acceptors (Lipinski definition) is 2. The zero-order chi connectivity index (χ0) is 12.3. The topological polar surface area (TPSA) is 46.2 Å². The molecular weight excluding hydrogens is 219 g/mol. The number of nitrogens with two attached hydrogens (primary N) is 1. The predicted octanol–water partition coefficient (Wildman–Crippen LogP) is 2.40. The number of hydrogen-bond donors (Lipinski definition) is 2. The highest BCUT2D eigenvalue weighted by atomic mass is 19.4. The average Bonchev–Trinajstić information content (AvgIpc) is 2.16. The Labute approximate surface area is 91.9 Å². The molecule has 0 saturated heterocycles. The number of aliphatic hydroxyl groups is 1. The normalized spacial score (nSPS) is 13.9. The minimum Gasteiger partial charge on any atom is -0.396 e. The van der Waals surface area contributed by atoms with Crippen LogP contribution in [0.3, 0.4) is 0 Å². The number of aryl methyl sites for hydroxylation is 1.